The molecule has 1 aliphatic heterocycles. The van der Waals surface area contributed by atoms with Crippen LogP contribution in [-0.2, 0) is 0 Å². The Morgan fingerprint density at radius 1 is 1.23 bits per heavy atom. The average molecular weight is 357 g/mol. The van der Waals surface area contributed by atoms with Gasteiger partial charge in [-0.3, -0.25) is 14.9 Å². The molecule has 0 atom stereocenters. The molecule has 0 radical (unpaired) electrons. The van der Waals surface area contributed by atoms with Crippen molar-refractivity contribution in [2.24, 2.45) is 0 Å². The van der Waals surface area contributed by atoms with Crippen molar-refractivity contribution in [1.82, 2.24) is 0 Å². The van der Waals surface area contributed by atoms with Gasteiger partial charge < -0.3 is 19.7 Å². The fourth-order valence-electron chi connectivity index (χ4n) is 2.61. The van der Waals surface area contributed by atoms with Crippen molar-refractivity contribution in [3.63, 3.8) is 0 Å². The lowest BCUT2D eigenvalue weighted by atomic mass is 10.1. The summed E-state index contributed by atoms with van der Waals surface area (Å²) in [4.78, 5) is 25.4. The summed E-state index contributed by atoms with van der Waals surface area (Å²) in [6.07, 6.45) is 0. The maximum atomic E-state index is 12.7. The number of carbonyl (C=O) groups is 1. The molecule has 0 bridgehead atoms. The lowest BCUT2D eigenvalue weighted by molar-refractivity contribution is -0.385. The van der Waals surface area contributed by atoms with Crippen molar-refractivity contribution in [3.05, 3.63) is 52.1 Å². The van der Waals surface area contributed by atoms with Gasteiger partial charge in [-0.05, 0) is 25.1 Å². The van der Waals surface area contributed by atoms with Crippen LogP contribution in [0.25, 0.3) is 0 Å². The van der Waals surface area contributed by atoms with Crippen molar-refractivity contribution in [3.8, 4) is 11.5 Å². The molecule has 0 saturated carbocycles. The fraction of sp³-hybridized carbons (Fsp3) is 0.278. The summed E-state index contributed by atoms with van der Waals surface area (Å²) >= 11 is 0. The topological polar surface area (TPSA) is 93.9 Å². The van der Waals surface area contributed by atoms with Crippen LogP contribution in [0, 0.1) is 10.1 Å². The molecule has 8 heteroatoms. The van der Waals surface area contributed by atoms with Gasteiger partial charge in [0.1, 0.15) is 18.8 Å². The van der Waals surface area contributed by atoms with Gasteiger partial charge in [-0.15, -0.1) is 0 Å². The number of nitro benzene ring substituents is 1. The van der Waals surface area contributed by atoms with Crippen LogP contribution in [0.2, 0.25) is 0 Å². The SMILES string of the molecule is CCN(C)c1cccc(NC(=O)c2cc3c(cc2[N+](=O)[O-])OCCO3)c1. The minimum absolute atomic E-state index is 0.0755. The van der Waals surface area contributed by atoms with E-state index in [1.54, 1.807) is 6.07 Å². The van der Waals surface area contributed by atoms with Crippen LogP contribution in [0.1, 0.15) is 17.3 Å². The Labute approximate surface area is 150 Å². The van der Waals surface area contributed by atoms with Gasteiger partial charge in [-0.1, -0.05) is 6.07 Å². The van der Waals surface area contributed by atoms with Gasteiger partial charge in [0.25, 0.3) is 11.6 Å². The van der Waals surface area contributed by atoms with Crippen LogP contribution in [0.3, 0.4) is 0 Å². The van der Waals surface area contributed by atoms with Crippen molar-refractivity contribution in [2.45, 2.75) is 6.92 Å². The number of ether oxygens (including phenoxy) is 2. The number of fused-ring (bicyclic) bond motifs is 1. The van der Waals surface area contributed by atoms with Gasteiger partial charge in [0.15, 0.2) is 11.5 Å². The first-order valence-corrected chi connectivity index (χ1v) is 8.20. The third-order valence-electron chi connectivity index (χ3n) is 4.12. The monoisotopic (exact) mass is 357 g/mol. The van der Waals surface area contributed by atoms with E-state index in [4.69, 9.17) is 9.47 Å². The predicted molar refractivity (Wildman–Crippen MR) is 97.4 cm³/mol. The second-order valence-corrected chi connectivity index (χ2v) is 5.79. The van der Waals surface area contributed by atoms with E-state index >= 15 is 0 Å². The van der Waals surface area contributed by atoms with Gasteiger partial charge in [-0.2, -0.15) is 0 Å². The lowest BCUT2D eigenvalue weighted by Gasteiger charge is -2.19. The standard InChI is InChI=1S/C18H19N3O5/c1-3-20(2)13-6-4-5-12(9-13)19-18(22)14-10-16-17(26-8-7-25-16)11-15(14)21(23)24/h4-6,9-11H,3,7-8H2,1-2H3,(H,19,22). The molecule has 0 saturated heterocycles. The molecule has 1 heterocycles. The van der Waals surface area contributed by atoms with Crippen LogP contribution in [0.5, 0.6) is 11.5 Å². The number of nitrogens with zero attached hydrogens (tertiary/aromatic N) is 2. The normalized spacial score (nSPS) is 12.4. The number of carbonyl (C=O) groups excluding carboxylic acids is 1. The van der Waals surface area contributed by atoms with E-state index in [-0.39, 0.29) is 17.0 Å². The summed E-state index contributed by atoms with van der Waals surface area (Å²) in [5.41, 5.74) is 1.08. The highest BCUT2D eigenvalue weighted by Crippen LogP contribution is 2.37. The molecular formula is C18H19N3O5. The highest BCUT2D eigenvalue weighted by molar-refractivity contribution is 6.07. The summed E-state index contributed by atoms with van der Waals surface area (Å²) in [6.45, 7) is 3.47. The third-order valence-corrected chi connectivity index (χ3v) is 4.12. The van der Waals surface area contributed by atoms with E-state index in [0.717, 1.165) is 12.2 Å². The Morgan fingerprint density at radius 2 is 1.92 bits per heavy atom. The van der Waals surface area contributed by atoms with Crippen molar-refractivity contribution >= 4 is 23.0 Å². The average Bonchev–Trinajstić information content (AvgIpc) is 2.66. The Kier molecular flexibility index (Phi) is 4.92. The zero-order chi connectivity index (χ0) is 18.7. The van der Waals surface area contributed by atoms with Crippen LogP contribution < -0.4 is 19.7 Å². The number of nitro groups is 1. The van der Waals surface area contributed by atoms with Crippen molar-refractivity contribution in [1.29, 1.82) is 0 Å². The number of anilines is 2. The summed E-state index contributed by atoms with van der Waals surface area (Å²) in [6, 6.07) is 9.86. The van der Waals surface area contributed by atoms with E-state index < -0.39 is 10.8 Å². The summed E-state index contributed by atoms with van der Waals surface area (Å²) < 4.78 is 10.8. The van der Waals surface area contributed by atoms with Crippen LogP contribution in [0.15, 0.2) is 36.4 Å². The minimum Gasteiger partial charge on any atom is -0.486 e. The number of hydrogen-bond acceptors (Lipinski definition) is 6. The molecule has 0 aliphatic carbocycles. The summed E-state index contributed by atoms with van der Waals surface area (Å²) in [5, 5.41) is 14.1. The first kappa shape index (κ1) is 17.5. The van der Waals surface area contributed by atoms with E-state index in [1.807, 2.05) is 37.1 Å². The molecular weight excluding hydrogens is 338 g/mol. The van der Waals surface area contributed by atoms with Crippen LogP contribution in [-0.4, -0.2) is 37.6 Å². The van der Waals surface area contributed by atoms with Crippen molar-refractivity contribution in [2.75, 3.05) is 37.0 Å². The minimum atomic E-state index is -0.603. The van der Waals surface area contributed by atoms with Gasteiger partial charge in [-0.25, -0.2) is 0 Å². The Balaban J connectivity index is 1.91. The molecule has 0 spiro atoms. The molecule has 0 unspecified atom stereocenters. The second-order valence-electron chi connectivity index (χ2n) is 5.79. The first-order chi connectivity index (χ1) is 12.5. The quantitative estimate of drug-likeness (QED) is 0.653. The van der Waals surface area contributed by atoms with E-state index in [9.17, 15) is 14.9 Å². The molecule has 0 aromatic heterocycles. The molecule has 1 N–H and O–H groups in total. The number of amides is 1. The van der Waals surface area contributed by atoms with E-state index in [1.165, 1.54) is 12.1 Å². The van der Waals surface area contributed by atoms with Gasteiger partial charge in [0, 0.05) is 31.0 Å². The smallest absolute Gasteiger partial charge is 0.286 e. The predicted octanol–water partition coefficient (Wildman–Crippen LogP) is 3.07. The maximum Gasteiger partial charge on any atom is 0.286 e. The number of nitrogens with one attached hydrogen (secondary N) is 1. The summed E-state index contributed by atoms with van der Waals surface area (Å²) in [7, 11) is 1.94. The fourth-order valence-corrected chi connectivity index (χ4v) is 2.61. The van der Waals surface area contributed by atoms with Crippen molar-refractivity contribution < 1.29 is 19.2 Å². The molecule has 8 nitrogen and oxygen atoms in total. The Morgan fingerprint density at radius 3 is 2.58 bits per heavy atom. The molecule has 136 valence electrons. The third kappa shape index (κ3) is 3.53. The molecule has 26 heavy (non-hydrogen) atoms. The first-order valence-electron chi connectivity index (χ1n) is 8.20. The zero-order valence-electron chi connectivity index (χ0n) is 14.5. The number of benzene rings is 2. The number of rotatable bonds is 5. The highest BCUT2D eigenvalue weighted by Gasteiger charge is 2.26. The van der Waals surface area contributed by atoms with E-state index in [2.05, 4.69) is 5.32 Å². The van der Waals surface area contributed by atoms with Gasteiger partial charge in [0.05, 0.1) is 11.0 Å². The van der Waals surface area contributed by atoms with Crippen LogP contribution in [0.4, 0.5) is 17.1 Å². The van der Waals surface area contributed by atoms with Crippen LogP contribution >= 0.6 is 0 Å². The number of hydrogen-bond donors (Lipinski definition) is 1. The highest BCUT2D eigenvalue weighted by atomic mass is 16.6. The molecule has 2 aromatic rings. The van der Waals surface area contributed by atoms with Gasteiger partial charge in [0.2, 0.25) is 0 Å². The molecule has 3 rings (SSSR count). The molecule has 0 fully saturated rings. The summed E-state index contributed by atoms with van der Waals surface area (Å²) in [5.74, 6) is 0.0162. The molecule has 1 aliphatic rings. The molecule has 1 amide bonds. The Hall–Kier alpha value is -3.29. The largest absolute Gasteiger partial charge is 0.486 e. The molecule has 2 aromatic carbocycles. The Bertz CT molecular complexity index is 853. The van der Waals surface area contributed by atoms with Gasteiger partial charge >= 0.3 is 0 Å². The maximum absolute atomic E-state index is 12.7. The second kappa shape index (κ2) is 7.30. The zero-order valence-corrected chi connectivity index (χ0v) is 14.5. The van der Waals surface area contributed by atoms with E-state index in [0.29, 0.717) is 24.7 Å². The lowest BCUT2D eigenvalue weighted by Crippen LogP contribution is -2.19.